The van der Waals surface area contributed by atoms with Gasteiger partial charge in [0.15, 0.2) is 0 Å². The van der Waals surface area contributed by atoms with E-state index in [4.69, 9.17) is 27.5 Å². The summed E-state index contributed by atoms with van der Waals surface area (Å²) in [5, 5.41) is 18.7. The van der Waals surface area contributed by atoms with E-state index in [1.54, 1.807) is 30.3 Å². The first-order valence-electron chi connectivity index (χ1n) is 6.97. The van der Waals surface area contributed by atoms with Crippen molar-refractivity contribution in [2.24, 2.45) is 5.73 Å². The summed E-state index contributed by atoms with van der Waals surface area (Å²) in [6.07, 6.45) is -0.107. The summed E-state index contributed by atoms with van der Waals surface area (Å²) in [7, 11) is 0. The van der Waals surface area contributed by atoms with Crippen LogP contribution in [-0.4, -0.2) is 28.7 Å². The third-order valence-electron chi connectivity index (χ3n) is 3.58. The van der Waals surface area contributed by atoms with Crippen LogP contribution in [-0.2, 0) is 4.79 Å². The summed E-state index contributed by atoms with van der Waals surface area (Å²) in [5.74, 6) is -2.36. The van der Waals surface area contributed by atoms with Crippen LogP contribution in [0.1, 0.15) is 28.3 Å². The monoisotopic (exact) mass is 333 g/mol. The van der Waals surface area contributed by atoms with Crippen molar-refractivity contribution in [3.8, 4) is 11.1 Å². The summed E-state index contributed by atoms with van der Waals surface area (Å²) in [4.78, 5) is 22.2. The van der Waals surface area contributed by atoms with Gasteiger partial charge in [-0.1, -0.05) is 29.8 Å². The third kappa shape index (κ3) is 4.09. The second-order valence-electron chi connectivity index (χ2n) is 5.15. The number of carboxylic acid groups (broad SMARTS) is 2. The molecule has 0 aliphatic carbocycles. The molecule has 1 atom stereocenters. The van der Waals surface area contributed by atoms with E-state index >= 15 is 0 Å². The highest BCUT2D eigenvalue weighted by Gasteiger charge is 2.19. The van der Waals surface area contributed by atoms with E-state index in [0.29, 0.717) is 16.1 Å². The molecule has 0 saturated heterocycles. The zero-order valence-corrected chi connectivity index (χ0v) is 13.0. The first-order chi connectivity index (χ1) is 10.9. The number of hydrogen-bond acceptors (Lipinski definition) is 3. The predicted octanol–water partition coefficient (Wildman–Crippen LogP) is 3.22. The molecule has 0 heterocycles. The molecule has 0 aliphatic rings. The Kier molecular flexibility index (Phi) is 5.36. The van der Waals surface area contributed by atoms with Crippen molar-refractivity contribution in [1.82, 2.24) is 0 Å². The van der Waals surface area contributed by atoms with Crippen molar-refractivity contribution >= 4 is 23.5 Å². The molecule has 0 amide bonds. The minimum atomic E-state index is -1.03. The first-order valence-corrected chi connectivity index (χ1v) is 7.35. The quantitative estimate of drug-likeness (QED) is 0.753. The van der Waals surface area contributed by atoms with Crippen LogP contribution in [0.4, 0.5) is 0 Å². The van der Waals surface area contributed by atoms with E-state index in [9.17, 15) is 9.59 Å². The van der Waals surface area contributed by atoms with Crippen molar-refractivity contribution in [2.45, 2.75) is 12.3 Å². The topological polar surface area (TPSA) is 101 Å². The van der Waals surface area contributed by atoms with E-state index < -0.39 is 11.9 Å². The van der Waals surface area contributed by atoms with E-state index in [1.807, 2.05) is 0 Å². The number of nitrogens with two attached hydrogens (primary N) is 1. The summed E-state index contributed by atoms with van der Waals surface area (Å²) >= 11 is 6.06. The van der Waals surface area contributed by atoms with E-state index in [-0.39, 0.29) is 24.4 Å². The SMILES string of the molecule is NC[C@H](CC(=O)O)c1ccc(Cl)cc1-c1cccc(C(=O)O)c1. The third-order valence-corrected chi connectivity index (χ3v) is 3.82. The Morgan fingerprint density at radius 1 is 1.13 bits per heavy atom. The number of benzene rings is 2. The lowest BCUT2D eigenvalue weighted by Gasteiger charge is -2.18. The summed E-state index contributed by atoms with van der Waals surface area (Å²) < 4.78 is 0. The maximum Gasteiger partial charge on any atom is 0.335 e. The Morgan fingerprint density at radius 2 is 1.87 bits per heavy atom. The number of carbonyl (C=O) groups is 2. The first kappa shape index (κ1) is 17.0. The molecule has 0 radical (unpaired) electrons. The maximum atomic E-state index is 11.1. The smallest absolute Gasteiger partial charge is 0.335 e. The predicted molar refractivity (Wildman–Crippen MR) is 87.9 cm³/mol. The molecule has 0 aliphatic heterocycles. The highest BCUT2D eigenvalue weighted by molar-refractivity contribution is 6.30. The maximum absolute atomic E-state index is 11.1. The molecular weight excluding hydrogens is 318 g/mol. The van der Waals surface area contributed by atoms with Crippen LogP contribution in [0, 0.1) is 0 Å². The molecule has 2 rings (SSSR count). The van der Waals surface area contributed by atoms with Crippen LogP contribution in [0.15, 0.2) is 42.5 Å². The van der Waals surface area contributed by atoms with E-state index in [2.05, 4.69) is 0 Å². The van der Waals surface area contributed by atoms with Gasteiger partial charge in [0.1, 0.15) is 0 Å². The van der Waals surface area contributed by atoms with Gasteiger partial charge < -0.3 is 15.9 Å². The lowest BCUT2D eigenvalue weighted by Crippen LogP contribution is -2.17. The molecule has 2 aromatic carbocycles. The van der Waals surface area contributed by atoms with Crippen LogP contribution in [0.25, 0.3) is 11.1 Å². The van der Waals surface area contributed by atoms with Gasteiger partial charge in [0.05, 0.1) is 12.0 Å². The molecule has 0 fully saturated rings. The Morgan fingerprint density at radius 3 is 2.48 bits per heavy atom. The molecule has 0 unspecified atom stereocenters. The molecule has 0 saturated carbocycles. The molecule has 0 bridgehead atoms. The Hall–Kier alpha value is -2.37. The fourth-order valence-electron chi connectivity index (χ4n) is 2.49. The average Bonchev–Trinajstić information content (AvgIpc) is 2.52. The van der Waals surface area contributed by atoms with Gasteiger partial charge in [0.25, 0.3) is 0 Å². The van der Waals surface area contributed by atoms with Gasteiger partial charge in [-0.2, -0.15) is 0 Å². The van der Waals surface area contributed by atoms with Crippen molar-refractivity contribution in [1.29, 1.82) is 0 Å². The second-order valence-corrected chi connectivity index (χ2v) is 5.58. The van der Waals surface area contributed by atoms with Gasteiger partial charge >= 0.3 is 11.9 Å². The van der Waals surface area contributed by atoms with Crippen LogP contribution in [0.3, 0.4) is 0 Å². The molecule has 5 nitrogen and oxygen atoms in total. The van der Waals surface area contributed by atoms with Gasteiger partial charge in [-0.25, -0.2) is 4.79 Å². The van der Waals surface area contributed by atoms with Gasteiger partial charge in [0, 0.05) is 10.9 Å². The fourth-order valence-corrected chi connectivity index (χ4v) is 2.66. The molecule has 6 heteroatoms. The molecule has 120 valence electrons. The van der Waals surface area contributed by atoms with Crippen LogP contribution >= 0.6 is 11.6 Å². The Labute approximate surface area is 138 Å². The van der Waals surface area contributed by atoms with Crippen LogP contribution < -0.4 is 5.73 Å². The van der Waals surface area contributed by atoms with Crippen LogP contribution in [0.2, 0.25) is 5.02 Å². The Bertz CT molecular complexity index is 745. The molecular formula is C17H16ClNO4. The van der Waals surface area contributed by atoms with Crippen LogP contribution in [0.5, 0.6) is 0 Å². The normalized spacial score (nSPS) is 11.9. The fraction of sp³-hybridized carbons (Fsp3) is 0.176. The van der Waals surface area contributed by atoms with Gasteiger partial charge in [-0.15, -0.1) is 0 Å². The summed E-state index contributed by atoms with van der Waals surface area (Å²) in [5.41, 5.74) is 7.96. The lowest BCUT2D eigenvalue weighted by molar-refractivity contribution is -0.137. The zero-order valence-electron chi connectivity index (χ0n) is 12.2. The number of halogens is 1. The zero-order chi connectivity index (χ0) is 17.0. The van der Waals surface area contributed by atoms with Crippen molar-refractivity contribution in [3.05, 3.63) is 58.6 Å². The second kappa shape index (κ2) is 7.26. The Balaban J connectivity index is 2.57. The molecule has 0 aromatic heterocycles. The molecule has 2 aromatic rings. The molecule has 0 spiro atoms. The minimum Gasteiger partial charge on any atom is -0.481 e. The van der Waals surface area contributed by atoms with E-state index in [0.717, 1.165) is 5.56 Å². The van der Waals surface area contributed by atoms with Gasteiger partial charge in [-0.3, -0.25) is 4.79 Å². The molecule has 4 N–H and O–H groups in total. The number of aliphatic carboxylic acids is 1. The van der Waals surface area contributed by atoms with Crippen molar-refractivity contribution < 1.29 is 19.8 Å². The minimum absolute atomic E-state index is 0.107. The number of hydrogen-bond donors (Lipinski definition) is 3. The van der Waals surface area contributed by atoms with Gasteiger partial charge in [-0.05, 0) is 47.5 Å². The van der Waals surface area contributed by atoms with Crippen molar-refractivity contribution in [2.75, 3.05) is 6.54 Å². The standard InChI is InChI=1S/C17H16ClNO4/c18-13-4-5-14(12(9-19)7-16(20)21)15(8-13)10-2-1-3-11(6-10)17(22)23/h1-6,8,12H,7,9,19H2,(H,20,21)(H,22,23)/t12-/m0/s1. The summed E-state index contributed by atoms with van der Waals surface area (Å²) in [6, 6.07) is 11.5. The largest absolute Gasteiger partial charge is 0.481 e. The number of carboxylic acids is 2. The lowest BCUT2D eigenvalue weighted by atomic mass is 9.88. The molecule has 23 heavy (non-hydrogen) atoms. The number of rotatable bonds is 6. The van der Waals surface area contributed by atoms with E-state index in [1.165, 1.54) is 12.1 Å². The van der Waals surface area contributed by atoms with Gasteiger partial charge in [0.2, 0.25) is 0 Å². The highest BCUT2D eigenvalue weighted by Crippen LogP contribution is 2.33. The average molecular weight is 334 g/mol. The highest BCUT2D eigenvalue weighted by atomic mass is 35.5. The van der Waals surface area contributed by atoms with Crippen molar-refractivity contribution in [3.63, 3.8) is 0 Å². The summed E-state index contributed by atoms with van der Waals surface area (Å²) in [6.45, 7) is 0.166. The number of aromatic carboxylic acids is 1.